The lowest BCUT2D eigenvalue weighted by atomic mass is 10.2. The van der Waals surface area contributed by atoms with Gasteiger partial charge < -0.3 is 14.6 Å². The Kier molecular flexibility index (Phi) is 5.17. The first-order valence-electron chi connectivity index (χ1n) is 8.42. The Morgan fingerprint density at radius 2 is 1.88 bits per heavy atom. The zero-order chi connectivity index (χ0) is 18.0. The summed E-state index contributed by atoms with van der Waals surface area (Å²) in [5.41, 5.74) is 0.275. The molecule has 0 radical (unpaired) electrons. The van der Waals surface area contributed by atoms with Gasteiger partial charge in [-0.1, -0.05) is 12.8 Å². The third kappa shape index (κ3) is 3.73. The largest absolute Gasteiger partial charge is 0.451 e. The van der Waals surface area contributed by atoms with Crippen molar-refractivity contribution in [1.82, 2.24) is 14.9 Å². The number of aromatic amines is 1. The van der Waals surface area contributed by atoms with Crippen molar-refractivity contribution >= 4 is 33.4 Å². The second-order valence-corrected chi connectivity index (χ2v) is 7.26. The number of aryl methyl sites for hydroxylation is 2. The van der Waals surface area contributed by atoms with Gasteiger partial charge in [0.1, 0.15) is 15.5 Å². The summed E-state index contributed by atoms with van der Waals surface area (Å²) in [4.78, 5) is 46.1. The van der Waals surface area contributed by atoms with Crippen molar-refractivity contribution in [2.24, 2.45) is 0 Å². The minimum absolute atomic E-state index is 0.166. The van der Waals surface area contributed by atoms with E-state index in [1.165, 1.54) is 0 Å². The number of hydrogen-bond donors (Lipinski definition) is 1. The molecular weight excluding hydrogens is 342 g/mol. The average Bonchev–Trinajstić information content (AvgIpc) is 2.76. The number of amides is 1. The van der Waals surface area contributed by atoms with Crippen LogP contribution in [0.2, 0.25) is 0 Å². The lowest BCUT2D eigenvalue weighted by Gasteiger charge is -2.19. The van der Waals surface area contributed by atoms with Crippen LogP contribution in [0.4, 0.5) is 0 Å². The van der Waals surface area contributed by atoms with E-state index >= 15 is 0 Å². The fourth-order valence-corrected chi connectivity index (χ4v) is 4.17. The van der Waals surface area contributed by atoms with E-state index in [0.29, 0.717) is 26.5 Å². The monoisotopic (exact) mass is 363 g/mol. The van der Waals surface area contributed by atoms with E-state index in [9.17, 15) is 14.4 Å². The van der Waals surface area contributed by atoms with Crippen molar-refractivity contribution in [1.29, 1.82) is 0 Å². The van der Waals surface area contributed by atoms with Gasteiger partial charge in [-0.05, 0) is 32.3 Å². The van der Waals surface area contributed by atoms with Gasteiger partial charge in [-0.25, -0.2) is 9.78 Å². The van der Waals surface area contributed by atoms with Crippen molar-refractivity contribution in [3.05, 3.63) is 26.6 Å². The van der Waals surface area contributed by atoms with Crippen molar-refractivity contribution in [2.45, 2.75) is 39.5 Å². The minimum Gasteiger partial charge on any atom is -0.451 e. The summed E-state index contributed by atoms with van der Waals surface area (Å²) < 4.78 is 5.20. The molecule has 0 bridgehead atoms. The maximum atomic E-state index is 12.4. The number of hydrogen-bond acceptors (Lipinski definition) is 6. The number of nitrogens with one attached hydrogen (secondary N) is 1. The molecule has 0 spiro atoms. The van der Waals surface area contributed by atoms with Gasteiger partial charge in [0.2, 0.25) is 0 Å². The molecule has 1 aliphatic rings. The number of aromatic nitrogens is 2. The quantitative estimate of drug-likeness (QED) is 0.844. The van der Waals surface area contributed by atoms with Crippen LogP contribution in [-0.4, -0.2) is 46.4 Å². The van der Waals surface area contributed by atoms with Crippen LogP contribution < -0.4 is 5.56 Å². The predicted molar refractivity (Wildman–Crippen MR) is 95.0 cm³/mol. The van der Waals surface area contributed by atoms with Gasteiger partial charge in [-0.15, -0.1) is 11.3 Å². The molecule has 1 amide bonds. The van der Waals surface area contributed by atoms with E-state index in [0.717, 1.165) is 50.1 Å². The highest BCUT2D eigenvalue weighted by Gasteiger charge is 2.22. The highest BCUT2D eigenvalue weighted by Crippen LogP contribution is 2.27. The maximum absolute atomic E-state index is 12.4. The van der Waals surface area contributed by atoms with Gasteiger partial charge >= 0.3 is 5.97 Å². The molecule has 1 aliphatic heterocycles. The SMILES string of the molecule is Cc1nc2sc(C(=O)OCC(=O)N3CCCCCC3)c(C)c2c(=O)[nH]1. The molecule has 0 unspecified atom stereocenters. The fourth-order valence-electron chi connectivity index (χ4n) is 3.05. The molecule has 8 heteroatoms. The van der Waals surface area contributed by atoms with E-state index in [-0.39, 0.29) is 18.1 Å². The van der Waals surface area contributed by atoms with E-state index in [1.54, 1.807) is 18.7 Å². The molecule has 0 aliphatic carbocycles. The first kappa shape index (κ1) is 17.6. The Morgan fingerprint density at radius 1 is 1.20 bits per heavy atom. The zero-order valence-electron chi connectivity index (χ0n) is 14.4. The third-order valence-corrected chi connectivity index (χ3v) is 5.56. The number of fused-ring (bicyclic) bond motifs is 1. The molecule has 3 heterocycles. The van der Waals surface area contributed by atoms with Crippen LogP contribution in [0.5, 0.6) is 0 Å². The Labute approximate surface area is 149 Å². The highest BCUT2D eigenvalue weighted by atomic mass is 32.1. The molecule has 0 atom stereocenters. The topological polar surface area (TPSA) is 92.4 Å². The van der Waals surface area contributed by atoms with Crippen LogP contribution in [-0.2, 0) is 9.53 Å². The van der Waals surface area contributed by atoms with Crippen LogP contribution in [0.25, 0.3) is 10.2 Å². The summed E-state index contributed by atoms with van der Waals surface area (Å²) in [5.74, 6) is -0.253. The van der Waals surface area contributed by atoms with Crippen LogP contribution in [0, 0.1) is 13.8 Å². The number of ether oxygens (including phenoxy) is 1. The first-order valence-corrected chi connectivity index (χ1v) is 9.24. The molecule has 0 aromatic carbocycles. The standard InChI is InChI=1S/C17H21N3O4S/c1-10-13-15(22)18-11(2)19-16(13)25-14(10)17(23)24-9-12(21)20-7-5-3-4-6-8-20/h3-9H2,1-2H3,(H,18,19,22). The molecule has 1 N–H and O–H groups in total. The van der Waals surface area contributed by atoms with Crippen molar-refractivity contribution in [2.75, 3.05) is 19.7 Å². The van der Waals surface area contributed by atoms with E-state index < -0.39 is 5.97 Å². The van der Waals surface area contributed by atoms with Gasteiger partial charge in [0.15, 0.2) is 6.61 Å². The Balaban J connectivity index is 1.72. The highest BCUT2D eigenvalue weighted by molar-refractivity contribution is 7.20. The Hall–Kier alpha value is -2.22. The van der Waals surface area contributed by atoms with Gasteiger partial charge in [-0.2, -0.15) is 0 Å². The molecule has 25 heavy (non-hydrogen) atoms. The van der Waals surface area contributed by atoms with Crippen LogP contribution in [0.15, 0.2) is 4.79 Å². The fraction of sp³-hybridized carbons (Fsp3) is 0.529. The minimum atomic E-state index is -0.583. The van der Waals surface area contributed by atoms with E-state index in [1.807, 2.05) is 0 Å². The van der Waals surface area contributed by atoms with Gasteiger partial charge in [0.05, 0.1) is 5.39 Å². The van der Waals surface area contributed by atoms with Gasteiger partial charge in [-0.3, -0.25) is 9.59 Å². The average molecular weight is 363 g/mol. The number of H-pyrrole nitrogens is 1. The summed E-state index contributed by atoms with van der Waals surface area (Å²) in [6.07, 6.45) is 4.24. The molecule has 3 rings (SSSR count). The number of esters is 1. The first-order chi connectivity index (χ1) is 12.0. The molecule has 2 aromatic rings. The molecule has 1 fully saturated rings. The summed E-state index contributed by atoms with van der Waals surface area (Å²) >= 11 is 1.12. The summed E-state index contributed by atoms with van der Waals surface area (Å²) in [6.45, 7) is 4.55. The second-order valence-electron chi connectivity index (χ2n) is 6.26. The predicted octanol–water partition coefficient (Wildman–Crippen LogP) is 2.16. The lowest BCUT2D eigenvalue weighted by Crippen LogP contribution is -2.35. The molecular formula is C17H21N3O4S. The third-order valence-electron chi connectivity index (χ3n) is 4.39. The second kappa shape index (κ2) is 7.35. The van der Waals surface area contributed by atoms with Crippen LogP contribution in [0.3, 0.4) is 0 Å². The normalized spacial score (nSPS) is 15.2. The molecule has 134 valence electrons. The number of nitrogens with zero attached hydrogens (tertiary/aromatic N) is 2. The molecule has 7 nitrogen and oxygen atoms in total. The molecule has 1 saturated heterocycles. The Morgan fingerprint density at radius 3 is 2.56 bits per heavy atom. The number of carbonyl (C=O) groups excluding carboxylic acids is 2. The summed E-state index contributed by atoms with van der Waals surface area (Å²) in [5, 5.41) is 0.404. The van der Waals surface area contributed by atoms with Crippen molar-refractivity contribution in [3.63, 3.8) is 0 Å². The van der Waals surface area contributed by atoms with Gasteiger partial charge in [0.25, 0.3) is 11.5 Å². The molecule has 0 saturated carbocycles. The van der Waals surface area contributed by atoms with Crippen molar-refractivity contribution in [3.8, 4) is 0 Å². The maximum Gasteiger partial charge on any atom is 0.349 e. The van der Waals surface area contributed by atoms with E-state index in [4.69, 9.17) is 4.74 Å². The zero-order valence-corrected chi connectivity index (χ0v) is 15.2. The number of likely N-dealkylation sites (tertiary alicyclic amines) is 1. The smallest absolute Gasteiger partial charge is 0.349 e. The van der Waals surface area contributed by atoms with Crippen molar-refractivity contribution < 1.29 is 14.3 Å². The van der Waals surface area contributed by atoms with Gasteiger partial charge in [0, 0.05) is 13.1 Å². The summed E-state index contributed by atoms with van der Waals surface area (Å²) in [6, 6.07) is 0. The number of thiophene rings is 1. The van der Waals surface area contributed by atoms with Crippen LogP contribution >= 0.6 is 11.3 Å². The Bertz CT molecular complexity index is 863. The lowest BCUT2D eigenvalue weighted by molar-refractivity contribution is -0.134. The number of carbonyl (C=O) groups is 2. The van der Waals surface area contributed by atoms with Crippen LogP contribution in [0.1, 0.15) is 46.7 Å². The number of rotatable bonds is 3. The van der Waals surface area contributed by atoms with E-state index in [2.05, 4.69) is 9.97 Å². The summed E-state index contributed by atoms with van der Waals surface area (Å²) in [7, 11) is 0. The molecule has 2 aromatic heterocycles.